The van der Waals surface area contributed by atoms with Crippen LogP contribution in [0.1, 0.15) is 11.1 Å². The maximum atomic E-state index is 13.4. The van der Waals surface area contributed by atoms with Gasteiger partial charge in [-0.3, -0.25) is 0 Å². The normalized spacial score (nSPS) is 10.7. The Balaban J connectivity index is 2.27. The molecule has 0 spiro atoms. The average Bonchev–Trinajstić information content (AvgIpc) is 2.45. The Kier molecular flexibility index (Phi) is 4.24. The molecule has 2 nitrogen and oxygen atoms in total. The van der Waals surface area contributed by atoms with Crippen LogP contribution in [0.15, 0.2) is 30.3 Å². The summed E-state index contributed by atoms with van der Waals surface area (Å²) in [5.41, 5.74) is 6.80. The summed E-state index contributed by atoms with van der Waals surface area (Å²) in [5.74, 6) is -7.21. The number of benzene rings is 2. The minimum Gasteiger partial charge on any atom is -0.483 e. The van der Waals surface area contributed by atoms with Gasteiger partial charge in [0.05, 0.1) is 0 Å². The maximum Gasteiger partial charge on any atom is 0.203 e. The van der Waals surface area contributed by atoms with Crippen LogP contribution in [0.3, 0.4) is 0 Å². The quantitative estimate of drug-likeness (QED) is 0.691. The van der Waals surface area contributed by atoms with E-state index in [1.807, 2.05) is 0 Å². The molecule has 106 valence electrons. The fourth-order valence-electron chi connectivity index (χ4n) is 1.73. The van der Waals surface area contributed by atoms with Crippen molar-refractivity contribution in [3.05, 3.63) is 64.7 Å². The van der Waals surface area contributed by atoms with E-state index in [-0.39, 0.29) is 19.2 Å². The molecule has 2 N–H and O–H groups in total. The van der Waals surface area contributed by atoms with Crippen molar-refractivity contribution < 1.29 is 22.3 Å². The molecule has 0 unspecified atom stereocenters. The molecule has 0 aliphatic carbocycles. The minimum absolute atomic E-state index is 0.130. The van der Waals surface area contributed by atoms with Crippen molar-refractivity contribution in [2.75, 3.05) is 0 Å². The number of hydrogen-bond acceptors (Lipinski definition) is 2. The molecule has 2 aromatic carbocycles. The van der Waals surface area contributed by atoms with Crippen LogP contribution in [0.2, 0.25) is 0 Å². The number of halogens is 4. The zero-order valence-corrected chi connectivity index (χ0v) is 10.3. The lowest BCUT2D eigenvalue weighted by Gasteiger charge is -2.11. The predicted octanol–water partition coefficient (Wildman–Crippen LogP) is 3.28. The number of ether oxygens (including phenoxy) is 1. The third-order valence-electron chi connectivity index (χ3n) is 2.78. The van der Waals surface area contributed by atoms with Gasteiger partial charge in [-0.15, -0.1) is 0 Å². The Morgan fingerprint density at radius 1 is 0.900 bits per heavy atom. The summed E-state index contributed by atoms with van der Waals surface area (Å²) in [6.07, 6.45) is 0. The molecule has 6 heteroatoms. The van der Waals surface area contributed by atoms with Gasteiger partial charge in [-0.2, -0.15) is 8.78 Å². The van der Waals surface area contributed by atoms with E-state index < -0.39 is 29.0 Å². The van der Waals surface area contributed by atoms with E-state index in [1.165, 1.54) is 0 Å². The molecular formula is C14H11F4NO. The molecule has 0 atom stereocenters. The number of rotatable bonds is 4. The number of nitrogens with two attached hydrogens (primary N) is 1. The summed E-state index contributed by atoms with van der Waals surface area (Å²) < 4.78 is 57.7. The first kappa shape index (κ1) is 14.3. The Bertz CT molecular complexity index is 605. The van der Waals surface area contributed by atoms with E-state index in [1.54, 1.807) is 24.3 Å². The molecular weight excluding hydrogens is 274 g/mol. The van der Waals surface area contributed by atoms with Crippen molar-refractivity contribution in [3.63, 3.8) is 0 Å². The van der Waals surface area contributed by atoms with Crippen molar-refractivity contribution in [1.29, 1.82) is 0 Å². The highest BCUT2D eigenvalue weighted by Crippen LogP contribution is 2.27. The van der Waals surface area contributed by atoms with E-state index in [9.17, 15) is 17.6 Å². The molecule has 0 amide bonds. The first-order valence-electron chi connectivity index (χ1n) is 5.77. The van der Waals surface area contributed by atoms with Gasteiger partial charge >= 0.3 is 0 Å². The monoisotopic (exact) mass is 285 g/mol. The zero-order chi connectivity index (χ0) is 14.7. The Hall–Kier alpha value is -2.08. The van der Waals surface area contributed by atoms with E-state index in [2.05, 4.69) is 0 Å². The lowest BCUT2D eigenvalue weighted by atomic mass is 10.1. The van der Waals surface area contributed by atoms with Crippen LogP contribution in [-0.4, -0.2) is 0 Å². The van der Waals surface area contributed by atoms with Crippen LogP contribution in [0.5, 0.6) is 5.75 Å². The third kappa shape index (κ3) is 2.75. The molecule has 2 aromatic rings. The van der Waals surface area contributed by atoms with Crippen molar-refractivity contribution in [1.82, 2.24) is 0 Å². The SMILES string of the molecule is NCc1ccccc1COc1c(F)c(F)cc(F)c1F. The fourth-order valence-corrected chi connectivity index (χ4v) is 1.73. The van der Waals surface area contributed by atoms with Gasteiger partial charge in [-0.25, -0.2) is 8.78 Å². The van der Waals surface area contributed by atoms with Gasteiger partial charge in [0.15, 0.2) is 17.4 Å². The van der Waals surface area contributed by atoms with Crippen LogP contribution < -0.4 is 10.5 Å². The third-order valence-corrected chi connectivity index (χ3v) is 2.78. The second-order valence-corrected chi connectivity index (χ2v) is 4.06. The summed E-state index contributed by atoms with van der Waals surface area (Å²) in [6.45, 7) is -0.0356. The first-order chi connectivity index (χ1) is 9.54. The summed E-state index contributed by atoms with van der Waals surface area (Å²) in [5, 5.41) is 0. The van der Waals surface area contributed by atoms with E-state index in [4.69, 9.17) is 10.5 Å². The highest BCUT2D eigenvalue weighted by atomic mass is 19.2. The minimum atomic E-state index is -1.56. The van der Waals surface area contributed by atoms with Crippen LogP contribution >= 0.6 is 0 Å². The molecule has 0 aromatic heterocycles. The van der Waals surface area contributed by atoms with Crippen LogP contribution in [0.25, 0.3) is 0 Å². The van der Waals surface area contributed by atoms with Gasteiger partial charge in [0.25, 0.3) is 0 Å². The Morgan fingerprint density at radius 2 is 1.45 bits per heavy atom. The second-order valence-electron chi connectivity index (χ2n) is 4.06. The van der Waals surface area contributed by atoms with Crippen LogP contribution in [0, 0.1) is 23.3 Å². The number of hydrogen-bond donors (Lipinski definition) is 1. The summed E-state index contributed by atoms with van der Waals surface area (Å²) in [4.78, 5) is 0. The Labute approximate surface area is 112 Å². The summed E-state index contributed by atoms with van der Waals surface area (Å²) in [6, 6.07) is 6.93. The summed E-state index contributed by atoms with van der Waals surface area (Å²) >= 11 is 0. The summed E-state index contributed by atoms with van der Waals surface area (Å²) in [7, 11) is 0. The zero-order valence-electron chi connectivity index (χ0n) is 10.3. The molecule has 2 rings (SSSR count). The first-order valence-corrected chi connectivity index (χ1v) is 5.77. The molecule has 0 radical (unpaired) electrons. The van der Waals surface area contributed by atoms with Gasteiger partial charge in [0.2, 0.25) is 11.6 Å². The van der Waals surface area contributed by atoms with Crippen molar-refractivity contribution in [2.45, 2.75) is 13.2 Å². The van der Waals surface area contributed by atoms with Gasteiger partial charge < -0.3 is 10.5 Å². The van der Waals surface area contributed by atoms with Gasteiger partial charge in [0, 0.05) is 12.6 Å². The van der Waals surface area contributed by atoms with Gasteiger partial charge in [-0.05, 0) is 11.1 Å². The van der Waals surface area contributed by atoms with Gasteiger partial charge in [0.1, 0.15) is 6.61 Å². The molecule has 0 saturated carbocycles. The van der Waals surface area contributed by atoms with Crippen LogP contribution in [-0.2, 0) is 13.2 Å². The second kappa shape index (κ2) is 5.92. The van der Waals surface area contributed by atoms with Gasteiger partial charge in [-0.1, -0.05) is 24.3 Å². The molecule has 20 heavy (non-hydrogen) atoms. The standard InChI is InChI=1S/C14H11F4NO/c15-10-5-11(16)13(18)14(12(10)17)20-7-9-4-2-1-3-8(9)6-19/h1-5H,6-7,19H2. The largest absolute Gasteiger partial charge is 0.483 e. The van der Waals surface area contributed by atoms with E-state index in [0.717, 1.165) is 0 Å². The molecule has 0 aliphatic heterocycles. The molecule has 0 fully saturated rings. The average molecular weight is 285 g/mol. The molecule has 0 aliphatic rings. The molecule has 0 saturated heterocycles. The molecule has 0 bridgehead atoms. The van der Waals surface area contributed by atoms with E-state index in [0.29, 0.717) is 11.1 Å². The van der Waals surface area contributed by atoms with Crippen molar-refractivity contribution in [2.24, 2.45) is 5.73 Å². The maximum absolute atomic E-state index is 13.4. The molecule has 0 heterocycles. The van der Waals surface area contributed by atoms with Crippen molar-refractivity contribution in [3.8, 4) is 5.75 Å². The topological polar surface area (TPSA) is 35.2 Å². The van der Waals surface area contributed by atoms with Crippen molar-refractivity contribution >= 4 is 0 Å². The van der Waals surface area contributed by atoms with E-state index >= 15 is 0 Å². The lowest BCUT2D eigenvalue weighted by molar-refractivity contribution is 0.261. The smallest absolute Gasteiger partial charge is 0.203 e. The lowest BCUT2D eigenvalue weighted by Crippen LogP contribution is -2.07. The highest BCUT2D eigenvalue weighted by molar-refractivity contribution is 5.30. The Morgan fingerprint density at radius 3 is 2.00 bits per heavy atom. The fraction of sp³-hybridized carbons (Fsp3) is 0.143. The van der Waals surface area contributed by atoms with Crippen LogP contribution in [0.4, 0.5) is 17.6 Å². The highest BCUT2D eigenvalue weighted by Gasteiger charge is 2.20. The predicted molar refractivity (Wildman–Crippen MR) is 64.9 cm³/mol.